The van der Waals surface area contributed by atoms with Gasteiger partial charge in [-0.1, -0.05) is 0 Å². The summed E-state index contributed by atoms with van der Waals surface area (Å²) in [5, 5.41) is 9.13. The quantitative estimate of drug-likeness (QED) is 0.913. The summed E-state index contributed by atoms with van der Waals surface area (Å²) in [6, 6.07) is 5.01. The van der Waals surface area contributed by atoms with Gasteiger partial charge in [-0.05, 0) is 32.9 Å². The summed E-state index contributed by atoms with van der Waals surface area (Å²) >= 11 is 0. The number of ether oxygens (including phenoxy) is 2. The number of amides is 1. The third-order valence-electron chi connectivity index (χ3n) is 3.71. The number of nitrogens with zero attached hydrogens (tertiary/aromatic N) is 2. The molecule has 1 aromatic carbocycles. The van der Waals surface area contributed by atoms with Crippen LogP contribution in [0.2, 0.25) is 0 Å². The fraction of sp³-hybridized carbons (Fsp3) is 0.529. The Bertz CT molecular complexity index is 616. The standard InChI is InChI=1S/C17H24N2O5/c1-17(2,3)24-16(22)19-9-7-18(8-10-19)12-5-6-13(15(20)21)14(11-12)23-4/h5-6,11H,7-10H2,1-4H3,(H,20,21). The van der Waals surface area contributed by atoms with E-state index in [1.54, 1.807) is 17.0 Å². The van der Waals surface area contributed by atoms with Gasteiger partial charge < -0.3 is 24.4 Å². The lowest BCUT2D eigenvalue weighted by atomic mass is 10.1. The van der Waals surface area contributed by atoms with Gasteiger partial charge in [-0.15, -0.1) is 0 Å². The van der Waals surface area contributed by atoms with E-state index in [0.29, 0.717) is 31.9 Å². The van der Waals surface area contributed by atoms with Crippen molar-refractivity contribution in [2.75, 3.05) is 38.2 Å². The molecule has 1 amide bonds. The van der Waals surface area contributed by atoms with Crippen molar-refractivity contribution < 1.29 is 24.2 Å². The number of carbonyl (C=O) groups excluding carboxylic acids is 1. The van der Waals surface area contributed by atoms with Crippen molar-refractivity contribution in [2.45, 2.75) is 26.4 Å². The molecule has 0 spiro atoms. The van der Waals surface area contributed by atoms with Crippen molar-refractivity contribution >= 4 is 17.7 Å². The van der Waals surface area contributed by atoms with Crippen molar-refractivity contribution in [1.29, 1.82) is 0 Å². The van der Waals surface area contributed by atoms with Gasteiger partial charge in [-0.3, -0.25) is 0 Å². The average Bonchev–Trinajstić information content (AvgIpc) is 2.52. The summed E-state index contributed by atoms with van der Waals surface area (Å²) in [6.45, 7) is 7.94. The zero-order valence-electron chi connectivity index (χ0n) is 14.5. The minimum atomic E-state index is -1.02. The highest BCUT2D eigenvalue weighted by molar-refractivity contribution is 5.91. The summed E-state index contributed by atoms with van der Waals surface area (Å²) in [6.07, 6.45) is -0.305. The van der Waals surface area contributed by atoms with E-state index < -0.39 is 11.6 Å². The fourth-order valence-electron chi connectivity index (χ4n) is 2.53. The van der Waals surface area contributed by atoms with Crippen LogP contribution >= 0.6 is 0 Å². The molecule has 1 fully saturated rings. The maximum Gasteiger partial charge on any atom is 0.410 e. The minimum absolute atomic E-state index is 0.133. The summed E-state index contributed by atoms with van der Waals surface area (Å²) in [7, 11) is 1.45. The van der Waals surface area contributed by atoms with Crippen LogP contribution in [-0.2, 0) is 4.74 Å². The third kappa shape index (κ3) is 4.31. The molecule has 0 bridgehead atoms. The van der Waals surface area contributed by atoms with Gasteiger partial charge in [0.2, 0.25) is 0 Å². The Hall–Kier alpha value is -2.44. The molecule has 1 N–H and O–H groups in total. The van der Waals surface area contributed by atoms with E-state index in [1.165, 1.54) is 13.2 Å². The van der Waals surface area contributed by atoms with Gasteiger partial charge in [0, 0.05) is 37.9 Å². The summed E-state index contributed by atoms with van der Waals surface area (Å²) in [5.41, 5.74) is 0.503. The third-order valence-corrected chi connectivity index (χ3v) is 3.71. The van der Waals surface area contributed by atoms with Crippen LogP contribution in [0.3, 0.4) is 0 Å². The molecular formula is C17H24N2O5. The zero-order chi connectivity index (χ0) is 17.9. The number of benzene rings is 1. The molecule has 0 radical (unpaired) electrons. The molecule has 1 aliphatic heterocycles. The maximum atomic E-state index is 12.1. The predicted molar refractivity (Wildman–Crippen MR) is 90.0 cm³/mol. The average molecular weight is 336 g/mol. The molecule has 0 aromatic heterocycles. The van der Waals surface area contributed by atoms with Crippen LogP contribution in [0.4, 0.5) is 10.5 Å². The highest BCUT2D eigenvalue weighted by atomic mass is 16.6. The van der Waals surface area contributed by atoms with Crippen LogP contribution in [0, 0.1) is 0 Å². The van der Waals surface area contributed by atoms with E-state index in [9.17, 15) is 9.59 Å². The van der Waals surface area contributed by atoms with E-state index in [-0.39, 0.29) is 11.7 Å². The number of anilines is 1. The molecule has 1 saturated heterocycles. The Morgan fingerprint density at radius 2 is 1.75 bits per heavy atom. The molecule has 0 unspecified atom stereocenters. The minimum Gasteiger partial charge on any atom is -0.496 e. The topological polar surface area (TPSA) is 79.3 Å². The van der Waals surface area contributed by atoms with E-state index in [1.807, 2.05) is 20.8 Å². The molecule has 7 heteroatoms. The predicted octanol–water partition coefficient (Wildman–Crippen LogP) is 2.45. The lowest BCUT2D eigenvalue weighted by Crippen LogP contribution is -2.50. The van der Waals surface area contributed by atoms with Gasteiger partial charge in [0.05, 0.1) is 7.11 Å². The second kappa shape index (κ2) is 6.98. The summed E-state index contributed by atoms with van der Waals surface area (Å²) in [5.74, 6) is -0.692. The lowest BCUT2D eigenvalue weighted by Gasteiger charge is -2.36. The fourth-order valence-corrected chi connectivity index (χ4v) is 2.53. The van der Waals surface area contributed by atoms with Gasteiger partial charge >= 0.3 is 12.1 Å². The van der Waals surface area contributed by atoms with E-state index >= 15 is 0 Å². The number of carboxylic acids is 1. The largest absolute Gasteiger partial charge is 0.496 e. The second-order valence-electron chi connectivity index (χ2n) is 6.64. The van der Waals surface area contributed by atoms with Crippen molar-refractivity contribution in [3.63, 3.8) is 0 Å². The molecule has 0 aliphatic carbocycles. The van der Waals surface area contributed by atoms with Crippen LogP contribution in [0.1, 0.15) is 31.1 Å². The van der Waals surface area contributed by atoms with Gasteiger partial charge in [0.15, 0.2) is 0 Å². The number of hydrogen-bond acceptors (Lipinski definition) is 5. The molecule has 1 heterocycles. The molecule has 132 valence electrons. The van der Waals surface area contributed by atoms with E-state index in [0.717, 1.165) is 5.69 Å². The number of carbonyl (C=O) groups is 2. The molecule has 0 atom stereocenters. The van der Waals surface area contributed by atoms with Crippen LogP contribution in [-0.4, -0.2) is 61.0 Å². The maximum absolute atomic E-state index is 12.1. The molecule has 0 saturated carbocycles. The smallest absolute Gasteiger partial charge is 0.410 e. The lowest BCUT2D eigenvalue weighted by molar-refractivity contribution is 0.0240. The number of methoxy groups -OCH3 is 1. The van der Waals surface area contributed by atoms with Crippen LogP contribution in [0.25, 0.3) is 0 Å². The number of hydrogen-bond donors (Lipinski definition) is 1. The first-order chi connectivity index (χ1) is 11.2. The Morgan fingerprint density at radius 3 is 2.25 bits per heavy atom. The number of rotatable bonds is 3. The summed E-state index contributed by atoms with van der Waals surface area (Å²) in [4.78, 5) is 27.0. The first-order valence-corrected chi connectivity index (χ1v) is 7.85. The number of piperazine rings is 1. The Kier molecular flexibility index (Phi) is 5.21. The van der Waals surface area contributed by atoms with Gasteiger partial charge in [0.1, 0.15) is 16.9 Å². The van der Waals surface area contributed by atoms with Gasteiger partial charge in [-0.2, -0.15) is 0 Å². The van der Waals surface area contributed by atoms with Gasteiger partial charge in [0.25, 0.3) is 0 Å². The number of aromatic carboxylic acids is 1. The number of carboxylic acid groups (broad SMARTS) is 1. The molecular weight excluding hydrogens is 312 g/mol. The van der Waals surface area contributed by atoms with Crippen molar-refractivity contribution in [2.24, 2.45) is 0 Å². The van der Waals surface area contributed by atoms with Crippen molar-refractivity contribution in [3.05, 3.63) is 23.8 Å². The van der Waals surface area contributed by atoms with Crippen molar-refractivity contribution in [1.82, 2.24) is 4.90 Å². The normalized spacial score (nSPS) is 15.2. The Morgan fingerprint density at radius 1 is 1.12 bits per heavy atom. The molecule has 24 heavy (non-hydrogen) atoms. The highest BCUT2D eigenvalue weighted by Crippen LogP contribution is 2.26. The van der Waals surface area contributed by atoms with Crippen LogP contribution < -0.4 is 9.64 Å². The Labute approximate surface area is 141 Å². The SMILES string of the molecule is COc1cc(N2CCN(C(=O)OC(C)(C)C)CC2)ccc1C(=O)O. The van der Waals surface area contributed by atoms with E-state index in [4.69, 9.17) is 14.6 Å². The molecule has 1 aromatic rings. The first-order valence-electron chi connectivity index (χ1n) is 7.85. The highest BCUT2D eigenvalue weighted by Gasteiger charge is 2.26. The van der Waals surface area contributed by atoms with Crippen LogP contribution in [0.5, 0.6) is 5.75 Å². The zero-order valence-corrected chi connectivity index (χ0v) is 14.5. The summed E-state index contributed by atoms with van der Waals surface area (Å²) < 4.78 is 10.5. The molecule has 2 rings (SSSR count). The monoisotopic (exact) mass is 336 g/mol. The second-order valence-corrected chi connectivity index (χ2v) is 6.64. The Balaban J connectivity index is 2.02. The van der Waals surface area contributed by atoms with Crippen molar-refractivity contribution in [3.8, 4) is 5.75 Å². The van der Waals surface area contributed by atoms with E-state index in [2.05, 4.69) is 4.90 Å². The molecule has 7 nitrogen and oxygen atoms in total. The van der Waals surface area contributed by atoms with Crippen LogP contribution in [0.15, 0.2) is 18.2 Å². The van der Waals surface area contributed by atoms with Gasteiger partial charge in [-0.25, -0.2) is 9.59 Å². The molecule has 1 aliphatic rings. The first kappa shape index (κ1) is 17.9.